The molecule has 18 heavy (non-hydrogen) atoms. The Labute approximate surface area is 113 Å². The average Bonchev–Trinajstić information content (AvgIpc) is 2.39. The molecule has 0 atom stereocenters. The predicted molar refractivity (Wildman–Crippen MR) is 70.4 cm³/mol. The van der Waals surface area contributed by atoms with Crippen LogP contribution in [0.1, 0.15) is 0 Å². The molecule has 0 bridgehead atoms. The Morgan fingerprint density at radius 1 is 1.17 bits per heavy atom. The first-order valence-corrected chi connectivity index (χ1v) is 5.98. The molecule has 0 fully saturated rings. The van der Waals surface area contributed by atoms with Crippen LogP contribution in [0.4, 0.5) is 4.39 Å². The number of benzene rings is 1. The zero-order chi connectivity index (χ0) is 13.1. The molecule has 0 aliphatic heterocycles. The summed E-state index contributed by atoms with van der Waals surface area (Å²) in [6.45, 7) is 0. The standard InChI is InChI=1S/C13H11BrFNO2/c1-17-12-5-8(3-4-11(12)14)10-6-9(15)7-16-13(10)18-2/h3-7H,1-2H3. The molecule has 0 aliphatic rings. The fraction of sp³-hybridized carbons (Fsp3) is 0.154. The second-order valence-electron chi connectivity index (χ2n) is 3.56. The first-order chi connectivity index (χ1) is 8.65. The van der Waals surface area contributed by atoms with E-state index < -0.39 is 5.82 Å². The Bertz CT molecular complexity index is 575. The van der Waals surface area contributed by atoms with Crippen LogP contribution in [0.3, 0.4) is 0 Å². The summed E-state index contributed by atoms with van der Waals surface area (Å²) in [6, 6.07) is 6.85. The number of pyridine rings is 1. The Balaban J connectivity index is 2.57. The van der Waals surface area contributed by atoms with Gasteiger partial charge in [0.15, 0.2) is 0 Å². The van der Waals surface area contributed by atoms with Crippen LogP contribution in [-0.2, 0) is 0 Å². The number of hydrogen-bond acceptors (Lipinski definition) is 3. The Hall–Kier alpha value is -1.62. The van der Waals surface area contributed by atoms with Gasteiger partial charge in [-0.05, 0) is 39.7 Å². The van der Waals surface area contributed by atoms with Crippen molar-refractivity contribution < 1.29 is 13.9 Å². The number of methoxy groups -OCH3 is 2. The fourth-order valence-corrected chi connectivity index (χ4v) is 2.03. The molecule has 2 aromatic rings. The van der Waals surface area contributed by atoms with E-state index in [-0.39, 0.29) is 0 Å². The summed E-state index contributed by atoms with van der Waals surface area (Å²) in [5.74, 6) is 0.632. The lowest BCUT2D eigenvalue weighted by Gasteiger charge is -2.10. The summed E-state index contributed by atoms with van der Waals surface area (Å²) >= 11 is 3.37. The van der Waals surface area contributed by atoms with Gasteiger partial charge >= 0.3 is 0 Å². The third-order valence-electron chi connectivity index (χ3n) is 2.47. The molecule has 0 aliphatic carbocycles. The zero-order valence-corrected chi connectivity index (χ0v) is 11.5. The maximum Gasteiger partial charge on any atom is 0.221 e. The van der Waals surface area contributed by atoms with Crippen LogP contribution in [-0.4, -0.2) is 19.2 Å². The van der Waals surface area contributed by atoms with Crippen LogP contribution < -0.4 is 9.47 Å². The van der Waals surface area contributed by atoms with E-state index in [0.29, 0.717) is 17.2 Å². The maximum absolute atomic E-state index is 13.3. The zero-order valence-electron chi connectivity index (χ0n) is 9.91. The van der Waals surface area contributed by atoms with Crippen molar-refractivity contribution >= 4 is 15.9 Å². The van der Waals surface area contributed by atoms with E-state index in [9.17, 15) is 4.39 Å². The third-order valence-corrected chi connectivity index (χ3v) is 3.13. The van der Waals surface area contributed by atoms with Crippen LogP contribution >= 0.6 is 15.9 Å². The predicted octanol–water partition coefficient (Wildman–Crippen LogP) is 3.67. The van der Waals surface area contributed by atoms with Gasteiger partial charge in [-0.1, -0.05) is 6.07 Å². The number of halogens is 2. The van der Waals surface area contributed by atoms with Crippen molar-refractivity contribution in [2.45, 2.75) is 0 Å². The molecule has 0 amide bonds. The van der Waals surface area contributed by atoms with Gasteiger partial charge in [0.1, 0.15) is 11.6 Å². The molecule has 0 saturated heterocycles. The first kappa shape index (κ1) is 12.8. The SMILES string of the molecule is COc1cc(-c2cc(F)cnc2OC)ccc1Br. The van der Waals surface area contributed by atoms with Crippen LogP contribution in [0.15, 0.2) is 34.9 Å². The number of ether oxygens (including phenoxy) is 2. The summed E-state index contributed by atoms with van der Waals surface area (Å²) in [6.07, 6.45) is 1.12. The molecule has 1 aromatic carbocycles. The molecule has 94 valence electrons. The number of nitrogens with zero attached hydrogens (tertiary/aromatic N) is 1. The molecular weight excluding hydrogens is 301 g/mol. The van der Waals surface area contributed by atoms with Crippen molar-refractivity contribution in [2.75, 3.05) is 14.2 Å². The minimum atomic E-state index is -0.410. The van der Waals surface area contributed by atoms with Crippen LogP contribution in [0.5, 0.6) is 11.6 Å². The molecule has 0 N–H and O–H groups in total. The highest BCUT2D eigenvalue weighted by molar-refractivity contribution is 9.10. The van der Waals surface area contributed by atoms with Gasteiger partial charge in [-0.2, -0.15) is 0 Å². The van der Waals surface area contributed by atoms with Gasteiger partial charge in [-0.25, -0.2) is 9.37 Å². The molecule has 0 saturated carbocycles. The van der Waals surface area contributed by atoms with E-state index in [2.05, 4.69) is 20.9 Å². The van der Waals surface area contributed by atoms with Crippen molar-refractivity contribution in [1.82, 2.24) is 4.98 Å². The van der Waals surface area contributed by atoms with Crippen molar-refractivity contribution in [3.8, 4) is 22.8 Å². The Morgan fingerprint density at radius 2 is 1.94 bits per heavy atom. The lowest BCUT2D eigenvalue weighted by Crippen LogP contribution is -1.93. The third kappa shape index (κ3) is 2.46. The maximum atomic E-state index is 13.3. The normalized spacial score (nSPS) is 10.2. The molecule has 0 unspecified atom stereocenters. The van der Waals surface area contributed by atoms with Crippen LogP contribution in [0.25, 0.3) is 11.1 Å². The number of rotatable bonds is 3. The molecule has 1 aromatic heterocycles. The molecule has 0 radical (unpaired) electrons. The number of aromatic nitrogens is 1. The molecule has 5 heteroatoms. The fourth-order valence-electron chi connectivity index (χ4n) is 1.62. The Kier molecular flexibility index (Phi) is 3.81. The highest BCUT2D eigenvalue weighted by Gasteiger charge is 2.11. The number of hydrogen-bond donors (Lipinski definition) is 0. The quantitative estimate of drug-likeness (QED) is 0.866. The monoisotopic (exact) mass is 311 g/mol. The highest BCUT2D eigenvalue weighted by Crippen LogP contribution is 2.34. The highest BCUT2D eigenvalue weighted by atomic mass is 79.9. The second-order valence-corrected chi connectivity index (χ2v) is 4.41. The van der Waals surface area contributed by atoms with Crippen molar-refractivity contribution in [3.05, 3.63) is 40.8 Å². The van der Waals surface area contributed by atoms with Gasteiger partial charge in [0.2, 0.25) is 5.88 Å². The van der Waals surface area contributed by atoms with E-state index >= 15 is 0 Å². The van der Waals surface area contributed by atoms with E-state index in [4.69, 9.17) is 9.47 Å². The molecule has 2 rings (SSSR count). The molecule has 0 spiro atoms. The van der Waals surface area contributed by atoms with Gasteiger partial charge in [-0.3, -0.25) is 0 Å². The van der Waals surface area contributed by atoms with Crippen molar-refractivity contribution in [2.24, 2.45) is 0 Å². The van der Waals surface area contributed by atoms with Gasteiger partial charge in [-0.15, -0.1) is 0 Å². The summed E-state index contributed by atoms with van der Waals surface area (Å²) in [4.78, 5) is 3.90. The minimum absolute atomic E-state index is 0.376. The summed E-state index contributed by atoms with van der Waals surface area (Å²) in [7, 11) is 3.07. The van der Waals surface area contributed by atoms with E-state index in [1.54, 1.807) is 13.2 Å². The molecular formula is C13H11BrFNO2. The van der Waals surface area contributed by atoms with Crippen LogP contribution in [0, 0.1) is 5.82 Å². The van der Waals surface area contributed by atoms with E-state index in [1.807, 2.05) is 12.1 Å². The average molecular weight is 312 g/mol. The minimum Gasteiger partial charge on any atom is -0.496 e. The lowest BCUT2D eigenvalue weighted by molar-refractivity contribution is 0.397. The smallest absolute Gasteiger partial charge is 0.221 e. The molecule has 1 heterocycles. The van der Waals surface area contributed by atoms with Gasteiger partial charge in [0, 0.05) is 5.56 Å². The van der Waals surface area contributed by atoms with Crippen molar-refractivity contribution in [3.63, 3.8) is 0 Å². The first-order valence-electron chi connectivity index (χ1n) is 5.19. The Morgan fingerprint density at radius 3 is 2.61 bits per heavy atom. The van der Waals surface area contributed by atoms with Crippen molar-refractivity contribution in [1.29, 1.82) is 0 Å². The van der Waals surface area contributed by atoms with E-state index in [0.717, 1.165) is 16.2 Å². The van der Waals surface area contributed by atoms with Gasteiger partial charge < -0.3 is 9.47 Å². The van der Waals surface area contributed by atoms with Gasteiger partial charge in [0.25, 0.3) is 0 Å². The summed E-state index contributed by atoms with van der Waals surface area (Å²) in [5.41, 5.74) is 1.36. The largest absolute Gasteiger partial charge is 0.496 e. The van der Waals surface area contributed by atoms with E-state index in [1.165, 1.54) is 13.2 Å². The van der Waals surface area contributed by atoms with Gasteiger partial charge in [0.05, 0.1) is 24.9 Å². The van der Waals surface area contributed by atoms with Crippen LogP contribution in [0.2, 0.25) is 0 Å². The second kappa shape index (κ2) is 5.35. The topological polar surface area (TPSA) is 31.4 Å². The summed E-state index contributed by atoms with van der Waals surface area (Å²) in [5, 5.41) is 0. The summed E-state index contributed by atoms with van der Waals surface area (Å²) < 4.78 is 24.4. The molecule has 3 nitrogen and oxygen atoms in total. The lowest BCUT2D eigenvalue weighted by atomic mass is 10.1.